The maximum atomic E-state index is 13.5. The zero-order chi connectivity index (χ0) is 23.8. The number of carbonyl (C=O) groups is 1. The largest absolute Gasteiger partial charge is 0.438 e. The van der Waals surface area contributed by atoms with E-state index >= 15 is 0 Å². The van der Waals surface area contributed by atoms with Crippen molar-refractivity contribution in [3.05, 3.63) is 74.5 Å². The minimum absolute atomic E-state index is 0.0157. The monoisotopic (exact) mass is 493 g/mol. The van der Waals surface area contributed by atoms with E-state index in [4.69, 9.17) is 21.7 Å². The molecule has 0 bridgehead atoms. The molecule has 0 saturated carbocycles. The van der Waals surface area contributed by atoms with Crippen LogP contribution < -0.4 is 10.3 Å². The van der Waals surface area contributed by atoms with Gasteiger partial charge in [-0.3, -0.25) is 18.9 Å². The summed E-state index contributed by atoms with van der Waals surface area (Å²) in [4.78, 5) is 33.3. The molecule has 0 N–H and O–H groups in total. The highest BCUT2D eigenvalue weighted by Gasteiger charge is 2.35. The predicted molar refractivity (Wildman–Crippen MR) is 136 cm³/mol. The Morgan fingerprint density at radius 3 is 2.88 bits per heavy atom. The molecule has 1 amide bonds. The molecule has 174 valence electrons. The van der Waals surface area contributed by atoms with E-state index in [1.165, 1.54) is 16.2 Å². The van der Waals surface area contributed by atoms with Crippen molar-refractivity contribution in [3.63, 3.8) is 0 Å². The summed E-state index contributed by atoms with van der Waals surface area (Å²) in [5, 5.41) is 0. The zero-order valence-corrected chi connectivity index (χ0v) is 20.4. The number of aromatic nitrogens is 2. The summed E-state index contributed by atoms with van der Waals surface area (Å²) in [6.45, 7) is 4.96. The maximum Gasteiger partial charge on any atom is 0.269 e. The van der Waals surface area contributed by atoms with Gasteiger partial charge in [0.1, 0.15) is 21.3 Å². The van der Waals surface area contributed by atoms with Crippen LogP contribution in [0, 0.1) is 13.8 Å². The second-order valence-electron chi connectivity index (χ2n) is 8.37. The molecule has 1 unspecified atom stereocenters. The van der Waals surface area contributed by atoms with Gasteiger partial charge in [0.2, 0.25) is 5.88 Å². The molecule has 5 rings (SSSR count). The van der Waals surface area contributed by atoms with E-state index in [2.05, 4.69) is 4.98 Å². The number of ether oxygens (including phenoxy) is 2. The van der Waals surface area contributed by atoms with Crippen LogP contribution in [-0.2, 0) is 9.53 Å². The number of thiocarbonyl (C=S) groups is 1. The predicted octanol–water partition coefficient (Wildman–Crippen LogP) is 4.48. The lowest BCUT2D eigenvalue weighted by Gasteiger charge is -2.18. The fourth-order valence-electron chi connectivity index (χ4n) is 4.06. The lowest BCUT2D eigenvalue weighted by Crippen LogP contribution is -2.35. The van der Waals surface area contributed by atoms with Crippen LogP contribution in [0.5, 0.6) is 11.6 Å². The average Bonchev–Trinajstić information content (AvgIpc) is 3.41. The molecule has 4 heterocycles. The number of benzene rings is 1. The van der Waals surface area contributed by atoms with Gasteiger partial charge in [-0.15, -0.1) is 0 Å². The molecule has 2 saturated heterocycles. The van der Waals surface area contributed by atoms with Gasteiger partial charge in [-0.05, 0) is 62.1 Å². The Kier molecular flexibility index (Phi) is 6.24. The van der Waals surface area contributed by atoms with Crippen LogP contribution in [0.2, 0.25) is 0 Å². The van der Waals surface area contributed by atoms with Crippen molar-refractivity contribution in [1.29, 1.82) is 0 Å². The van der Waals surface area contributed by atoms with Crippen molar-refractivity contribution in [2.45, 2.75) is 32.8 Å². The Balaban J connectivity index is 1.58. The summed E-state index contributed by atoms with van der Waals surface area (Å²) in [5.74, 6) is 0.473. The van der Waals surface area contributed by atoms with Crippen molar-refractivity contribution in [1.82, 2.24) is 14.3 Å². The molecule has 2 aliphatic rings. The van der Waals surface area contributed by atoms with Crippen molar-refractivity contribution in [3.8, 4) is 11.6 Å². The first-order valence-corrected chi connectivity index (χ1v) is 12.3. The van der Waals surface area contributed by atoms with E-state index in [1.807, 2.05) is 38.1 Å². The Morgan fingerprint density at radius 2 is 2.12 bits per heavy atom. The second-order valence-corrected chi connectivity index (χ2v) is 10.0. The Hall–Kier alpha value is -3.01. The van der Waals surface area contributed by atoms with E-state index in [0.29, 0.717) is 33.8 Å². The molecule has 9 heteroatoms. The van der Waals surface area contributed by atoms with Crippen LogP contribution in [0.15, 0.2) is 52.3 Å². The number of pyridine rings is 1. The topological polar surface area (TPSA) is 73.1 Å². The fourth-order valence-corrected chi connectivity index (χ4v) is 5.32. The molecule has 0 radical (unpaired) electrons. The molecule has 1 aromatic carbocycles. The highest BCUT2D eigenvalue weighted by atomic mass is 32.2. The van der Waals surface area contributed by atoms with Gasteiger partial charge in [0.25, 0.3) is 11.5 Å². The molecule has 2 aliphatic heterocycles. The molecular formula is C25H23N3O4S2. The average molecular weight is 494 g/mol. The summed E-state index contributed by atoms with van der Waals surface area (Å²) >= 11 is 6.64. The molecule has 3 aromatic rings. The van der Waals surface area contributed by atoms with Gasteiger partial charge < -0.3 is 9.47 Å². The summed E-state index contributed by atoms with van der Waals surface area (Å²) < 4.78 is 13.7. The SMILES string of the molecule is Cc1cccc(Oc2nc3c(C)cccn3c(=O)c2/C=C2/SC(=S)N(CC3CCCO3)C2=O)c1. The van der Waals surface area contributed by atoms with Crippen molar-refractivity contribution < 1.29 is 14.3 Å². The lowest BCUT2D eigenvalue weighted by atomic mass is 10.2. The van der Waals surface area contributed by atoms with Gasteiger partial charge >= 0.3 is 0 Å². The van der Waals surface area contributed by atoms with Crippen molar-refractivity contribution >= 4 is 45.9 Å². The Bertz CT molecular complexity index is 1390. The van der Waals surface area contributed by atoms with Crippen LogP contribution in [0.25, 0.3) is 11.7 Å². The normalized spacial score (nSPS) is 19.5. The molecule has 1 atom stereocenters. The zero-order valence-electron chi connectivity index (χ0n) is 18.8. The molecule has 7 nitrogen and oxygen atoms in total. The number of carbonyl (C=O) groups excluding carboxylic acids is 1. The summed E-state index contributed by atoms with van der Waals surface area (Å²) in [6, 6.07) is 11.2. The smallest absolute Gasteiger partial charge is 0.269 e. The van der Waals surface area contributed by atoms with E-state index < -0.39 is 0 Å². The third kappa shape index (κ3) is 4.38. The van der Waals surface area contributed by atoms with Gasteiger partial charge in [0, 0.05) is 12.8 Å². The lowest BCUT2D eigenvalue weighted by molar-refractivity contribution is -0.123. The Labute approximate surface area is 206 Å². The molecule has 2 aromatic heterocycles. The number of thioether (sulfide) groups is 1. The number of rotatable bonds is 5. The van der Waals surface area contributed by atoms with Gasteiger partial charge in [-0.2, -0.15) is 4.98 Å². The van der Waals surface area contributed by atoms with Gasteiger partial charge in [0.05, 0.1) is 17.6 Å². The van der Waals surface area contributed by atoms with Gasteiger partial charge in [-0.1, -0.05) is 42.2 Å². The number of amides is 1. The first-order valence-electron chi connectivity index (χ1n) is 11.0. The number of hydrogen-bond donors (Lipinski definition) is 0. The van der Waals surface area contributed by atoms with E-state index in [-0.39, 0.29) is 29.0 Å². The second kappa shape index (κ2) is 9.32. The number of nitrogens with zero attached hydrogens (tertiary/aromatic N) is 3. The van der Waals surface area contributed by atoms with Crippen LogP contribution in [0.4, 0.5) is 0 Å². The fraction of sp³-hybridized carbons (Fsp3) is 0.280. The Morgan fingerprint density at radius 1 is 1.26 bits per heavy atom. The molecule has 34 heavy (non-hydrogen) atoms. The van der Waals surface area contributed by atoms with Gasteiger partial charge in [0.15, 0.2) is 0 Å². The van der Waals surface area contributed by atoms with Gasteiger partial charge in [-0.25, -0.2) is 0 Å². The molecule has 2 fully saturated rings. The van der Waals surface area contributed by atoms with Crippen LogP contribution in [0.1, 0.15) is 29.5 Å². The molecule has 0 spiro atoms. The standard InChI is InChI=1S/C25H23N3O4S2/c1-15-6-3-8-17(12-15)32-22-19(23(29)27-10-4-7-16(2)21(27)26-22)13-20-24(30)28(25(33)34-20)14-18-9-5-11-31-18/h3-4,6-8,10,12-13,18H,5,9,11,14H2,1-2H3/b20-13+. The summed E-state index contributed by atoms with van der Waals surface area (Å²) in [6.07, 6.45) is 5.07. The van der Waals surface area contributed by atoms with E-state index in [9.17, 15) is 9.59 Å². The van der Waals surface area contributed by atoms with Crippen molar-refractivity contribution in [2.75, 3.05) is 13.2 Å². The number of hydrogen-bond acceptors (Lipinski definition) is 7. The first-order chi connectivity index (χ1) is 16.4. The highest BCUT2D eigenvalue weighted by molar-refractivity contribution is 8.26. The summed E-state index contributed by atoms with van der Waals surface area (Å²) in [7, 11) is 0. The highest BCUT2D eigenvalue weighted by Crippen LogP contribution is 2.35. The number of aryl methyl sites for hydroxylation is 2. The van der Waals surface area contributed by atoms with Crippen molar-refractivity contribution in [2.24, 2.45) is 0 Å². The third-order valence-electron chi connectivity index (χ3n) is 5.81. The van der Waals surface area contributed by atoms with E-state index in [0.717, 1.165) is 24.0 Å². The first kappa shape index (κ1) is 22.8. The maximum absolute atomic E-state index is 13.5. The minimum Gasteiger partial charge on any atom is -0.438 e. The third-order valence-corrected chi connectivity index (χ3v) is 7.19. The minimum atomic E-state index is -0.319. The number of fused-ring (bicyclic) bond motifs is 1. The molecular weight excluding hydrogens is 470 g/mol. The molecule has 0 aliphatic carbocycles. The van der Waals surface area contributed by atoms with E-state index in [1.54, 1.807) is 29.3 Å². The quantitative estimate of drug-likeness (QED) is 0.383. The van der Waals surface area contributed by atoms with Crippen LogP contribution in [0.3, 0.4) is 0 Å². The van der Waals surface area contributed by atoms with Crippen LogP contribution >= 0.6 is 24.0 Å². The summed E-state index contributed by atoms with van der Waals surface area (Å²) in [5.41, 5.74) is 2.23. The van der Waals surface area contributed by atoms with Crippen LogP contribution in [-0.4, -0.2) is 43.8 Å².